The first kappa shape index (κ1) is 19.6. The van der Waals surface area contributed by atoms with Crippen molar-refractivity contribution >= 4 is 22.0 Å². The fourth-order valence-electron chi connectivity index (χ4n) is 3.93. The van der Waals surface area contributed by atoms with Crippen LogP contribution < -0.4 is 0 Å². The summed E-state index contributed by atoms with van der Waals surface area (Å²) in [5.41, 5.74) is 1.07. The first-order chi connectivity index (χ1) is 12.5. The number of piperidine rings is 1. The van der Waals surface area contributed by atoms with Gasteiger partial charge in [-0.25, -0.2) is 9.18 Å². The van der Waals surface area contributed by atoms with Crippen LogP contribution in [0.4, 0.5) is 9.18 Å². The number of likely N-dealkylation sites (tertiary alicyclic amines) is 1. The van der Waals surface area contributed by atoms with E-state index < -0.39 is 0 Å². The molecule has 6 heteroatoms. The summed E-state index contributed by atoms with van der Waals surface area (Å²) >= 11 is 3.53. The molecule has 0 spiro atoms. The molecule has 0 N–H and O–H groups in total. The molecule has 26 heavy (non-hydrogen) atoms. The van der Waals surface area contributed by atoms with Gasteiger partial charge in [-0.2, -0.15) is 0 Å². The minimum absolute atomic E-state index is 0.0371. The van der Waals surface area contributed by atoms with Crippen LogP contribution in [0.2, 0.25) is 0 Å². The lowest BCUT2D eigenvalue weighted by atomic mass is 9.90. The van der Waals surface area contributed by atoms with Crippen molar-refractivity contribution in [3.05, 3.63) is 34.1 Å². The highest BCUT2D eigenvalue weighted by atomic mass is 79.9. The Bertz CT molecular complexity index is 620. The van der Waals surface area contributed by atoms with Crippen LogP contribution in [-0.4, -0.2) is 54.7 Å². The van der Waals surface area contributed by atoms with Gasteiger partial charge in [0.05, 0.1) is 6.54 Å². The van der Waals surface area contributed by atoms with E-state index in [1.165, 1.54) is 6.07 Å². The molecule has 2 saturated heterocycles. The number of rotatable bonds is 7. The molecule has 2 aliphatic rings. The zero-order chi connectivity index (χ0) is 18.5. The molecular weight excluding hydrogens is 399 g/mol. The number of ether oxygens (including phenoxy) is 1. The molecule has 1 atom stereocenters. The van der Waals surface area contributed by atoms with Gasteiger partial charge in [0.1, 0.15) is 11.9 Å². The topological polar surface area (TPSA) is 32.8 Å². The maximum atomic E-state index is 13.4. The van der Waals surface area contributed by atoms with Crippen LogP contribution in [0, 0.1) is 11.7 Å². The third-order valence-electron chi connectivity index (χ3n) is 5.43. The SMILES string of the molecule is CCCN1CC(CCN2CCC(Cc3cc(F)ccc3Br)CC2)OC1=O. The number of hydrogen-bond acceptors (Lipinski definition) is 3. The third-order valence-corrected chi connectivity index (χ3v) is 6.21. The lowest BCUT2D eigenvalue weighted by molar-refractivity contribution is 0.113. The van der Waals surface area contributed by atoms with Crippen LogP contribution >= 0.6 is 15.9 Å². The van der Waals surface area contributed by atoms with E-state index in [9.17, 15) is 9.18 Å². The van der Waals surface area contributed by atoms with Crippen molar-refractivity contribution < 1.29 is 13.9 Å². The Labute approximate surface area is 163 Å². The van der Waals surface area contributed by atoms with Crippen molar-refractivity contribution in [2.24, 2.45) is 5.92 Å². The van der Waals surface area contributed by atoms with Crippen LogP contribution in [-0.2, 0) is 11.2 Å². The van der Waals surface area contributed by atoms with E-state index >= 15 is 0 Å². The van der Waals surface area contributed by atoms with Crippen LogP contribution in [0.5, 0.6) is 0 Å². The maximum Gasteiger partial charge on any atom is 0.410 e. The largest absolute Gasteiger partial charge is 0.444 e. The fourth-order valence-corrected chi connectivity index (χ4v) is 4.34. The summed E-state index contributed by atoms with van der Waals surface area (Å²) in [4.78, 5) is 16.0. The quantitative estimate of drug-likeness (QED) is 0.644. The fraction of sp³-hybridized carbons (Fsp3) is 0.650. The molecule has 2 fully saturated rings. The first-order valence-electron chi connectivity index (χ1n) is 9.67. The minimum atomic E-state index is -0.163. The van der Waals surface area contributed by atoms with Crippen molar-refractivity contribution in [3.63, 3.8) is 0 Å². The van der Waals surface area contributed by atoms with Crippen LogP contribution in [0.1, 0.15) is 38.2 Å². The highest BCUT2D eigenvalue weighted by Gasteiger charge is 2.31. The minimum Gasteiger partial charge on any atom is -0.444 e. The van der Waals surface area contributed by atoms with E-state index in [4.69, 9.17) is 4.74 Å². The molecule has 0 bridgehead atoms. The van der Waals surface area contributed by atoms with Gasteiger partial charge >= 0.3 is 6.09 Å². The van der Waals surface area contributed by atoms with Gasteiger partial charge < -0.3 is 14.5 Å². The number of benzene rings is 1. The van der Waals surface area contributed by atoms with E-state index in [2.05, 4.69) is 27.8 Å². The van der Waals surface area contributed by atoms with Gasteiger partial charge in [0.25, 0.3) is 0 Å². The highest BCUT2D eigenvalue weighted by molar-refractivity contribution is 9.10. The van der Waals surface area contributed by atoms with Crippen molar-refractivity contribution in [2.45, 2.75) is 45.1 Å². The zero-order valence-electron chi connectivity index (χ0n) is 15.4. The summed E-state index contributed by atoms with van der Waals surface area (Å²) in [6.45, 7) is 6.71. The Kier molecular flexibility index (Phi) is 6.92. The number of hydrogen-bond donors (Lipinski definition) is 0. The van der Waals surface area contributed by atoms with E-state index in [0.29, 0.717) is 5.92 Å². The number of amides is 1. The molecule has 2 heterocycles. The van der Waals surface area contributed by atoms with E-state index in [1.807, 2.05) is 4.90 Å². The number of halogens is 2. The summed E-state index contributed by atoms with van der Waals surface area (Å²) in [5.74, 6) is 0.442. The molecule has 3 rings (SSSR count). The second-order valence-electron chi connectivity index (χ2n) is 7.47. The number of cyclic esters (lactones) is 1. The van der Waals surface area contributed by atoms with Crippen LogP contribution in [0.15, 0.2) is 22.7 Å². The second kappa shape index (κ2) is 9.18. The molecule has 1 aromatic rings. The highest BCUT2D eigenvalue weighted by Crippen LogP contribution is 2.27. The molecule has 1 unspecified atom stereocenters. The Morgan fingerprint density at radius 2 is 2.04 bits per heavy atom. The van der Waals surface area contributed by atoms with Crippen molar-refractivity contribution in [3.8, 4) is 0 Å². The molecule has 4 nitrogen and oxygen atoms in total. The molecular formula is C20H28BrFN2O2. The maximum absolute atomic E-state index is 13.4. The Balaban J connectivity index is 1.39. The average molecular weight is 427 g/mol. The summed E-state index contributed by atoms with van der Waals surface area (Å²) in [5, 5.41) is 0. The van der Waals surface area contributed by atoms with Gasteiger partial charge in [-0.1, -0.05) is 22.9 Å². The number of nitrogens with zero attached hydrogens (tertiary/aromatic N) is 2. The normalized spacial score (nSPS) is 22.0. The number of carbonyl (C=O) groups excluding carboxylic acids is 1. The van der Waals surface area contributed by atoms with E-state index in [-0.39, 0.29) is 18.0 Å². The van der Waals surface area contributed by atoms with Gasteiger partial charge in [-0.05, 0) is 74.9 Å². The lowest BCUT2D eigenvalue weighted by Gasteiger charge is -2.32. The second-order valence-corrected chi connectivity index (χ2v) is 8.32. The first-order valence-corrected chi connectivity index (χ1v) is 10.5. The van der Waals surface area contributed by atoms with Crippen molar-refractivity contribution in [2.75, 3.05) is 32.7 Å². The van der Waals surface area contributed by atoms with Crippen molar-refractivity contribution in [1.29, 1.82) is 0 Å². The molecule has 0 radical (unpaired) electrons. The predicted molar refractivity (Wildman–Crippen MR) is 104 cm³/mol. The van der Waals surface area contributed by atoms with Crippen molar-refractivity contribution in [1.82, 2.24) is 9.80 Å². The van der Waals surface area contributed by atoms with Crippen LogP contribution in [0.25, 0.3) is 0 Å². The Hall–Kier alpha value is -1.14. The molecule has 0 aliphatic carbocycles. The molecule has 1 aromatic carbocycles. The lowest BCUT2D eigenvalue weighted by Crippen LogP contribution is -2.36. The predicted octanol–water partition coefficient (Wildman–Crippen LogP) is 4.46. The molecule has 0 aromatic heterocycles. The van der Waals surface area contributed by atoms with Gasteiger partial charge in [0.2, 0.25) is 0 Å². The smallest absolute Gasteiger partial charge is 0.410 e. The summed E-state index contributed by atoms with van der Waals surface area (Å²) in [6, 6.07) is 4.94. The van der Waals surface area contributed by atoms with Gasteiger partial charge in [-0.3, -0.25) is 0 Å². The molecule has 2 aliphatic heterocycles. The zero-order valence-corrected chi connectivity index (χ0v) is 17.0. The molecule has 0 saturated carbocycles. The summed E-state index contributed by atoms with van der Waals surface area (Å²) in [7, 11) is 0. The van der Waals surface area contributed by atoms with Crippen LogP contribution in [0.3, 0.4) is 0 Å². The monoisotopic (exact) mass is 426 g/mol. The average Bonchev–Trinajstić information content (AvgIpc) is 2.98. The standard InChI is InChI=1S/C20H28BrFN2O2/c1-2-8-24-14-18(26-20(24)25)7-11-23-9-5-15(6-10-23)12-16-13-17(22)3-4-19(16)21/h3-4,13,15,18H,2,5-12,14H2,1H3. The van der Waals surface area contributed by atoms with Gasteiger partial charge in [0.15, 0.2) is 0 Å². The van der Waals surface area contributed by atoms with E-state index in [0.717, 1.165) is 74.9 Å². The van der Waals surface area contributed by atoms with E-state index in [1.54, 1.807) is 12.1 Å². The molecule has 144 valence electrons. The molecule has 1 amide bonds. The summed E-state index contributed by atoms with van der Waals surface area (Å²) in [6.07, 6.45) is 4.96. The Morgan fingerprint density at radius 1 is 1.27 bits per heavy atom. The number of carbonyl (C=O) groups is 1. The summed E-state index contributed by atoms with van der Waals surface area (Å²) < 4.78 is 19.9. The third kappa shape index (κ3) is 5.19. The Morgan fingerprint density at radius 3 is 2.77 bits per heavy atom. The van der Waals surface area contributed by atoms with Gasteiger partial charge in [0, 0.05) is 17.6 Å². The van der Waals surface area contributed by atoms with Gasteiger partial charge in [-0.15, -0.1) is 0 Å².